The normalized spacial score (nSPS) is 10.8. The number of nitro benzene ring substituents is 1. The van der Waals surface area contributed by atoms with E-state index in [1.807, 2.05) is 6.07 Å². The summed E-state index contributed by atoms with van der Waals surface area (Å²) in [6, 6.07) is 17.2. The number of nitrogens with one attached hydrogen (secondary N) is 1. The lowest BCUT2D eigenvalue weighted by Crippen LogP contribution is -2.09. The van der Waals surface area contributed by atoms with Crippen LogP contribution in [0.4, 0.5) is 5.69 Å². The highest BCUT2D eigenvalue weighted by Crippen LogP contribution is 2.31. The van der Waals surface area contributed by atoms with Gasteiger partial charge in [0.05, 0.1) is 22.9 Å². The molecule has 156 valence electrons. The molecule has 4 rings (SSSR count). The highest BCUT2D eigenvalue weighted by atomic mass is 16.6. The number of nitrogens with zero attached hydrogens (tertiary/aromatic N) is 2. The maximum absolute atomic E-state index is 12.4. The number of aryl methyl sites for hydroxylation is 1. The summed E-state index contributed by atoms with van der Waals surface area (Å²) < 4.78 is 11.2. The average Bonchev–Trinajstić information content (AvgIpc) is 2.78. The highest BCUT2D eigenvalue weighted by Gasteiger charge is 2.17. The number of rotatable bonds is 6. The van der Waals surface area contributed by atoms with E-state index < -0.39 is 4.92 Å². The van der Waals surface area contributed by atoms with E-state index >= 15 is 0 Å². The molecule has 0 bridgehead atoms. The molecule has 0 fully saturated rings. The Bertz CT molecular complexity index is 1350. The number of para-hydroxylation sites is 1. The summed E-state index contributed by atoms with van der Waals surface area (Å²) in [6.07, 6.45) is 0. The topological polar surface area (TPSA) is 107 Å². The van der Waals surface area contributed by atoms with E-state index in [0.717, 1.165) is 5.56 Å². The van der Waals surface area contributed by atoms with Gasteiger partial charge in [0.2, 0.25) is 0 Å². The van der Waals surface area contributed by atoms with Crippen LogP contribution in [0.15, 0.2) is 65.5 Å². The predicted molar refractivity (Wildman–Crippen MR) is 117 cm³/mol. The minimum absolute atomic E-state index is 0.0404. The zero-order valence-electron chi connectivity index (χ0n) is 16.9. The summed E-state index contributed by atoms with van der Waals surface area (Å²) in [5.74, 6) is 1.14. The van der Waals surface area contributed by atoms with Crippen molar-refractivity contribution in [3.05, 3.63) is 92.3 Å². The first-order chi connectivity index (χ1) is 15.0. The van der Waals surface area contributed by atoms with Crippen LogP contribution in [0.1, 0.15) is 11.1 Å². The fraction of sp³-hybridized carbons (Fsp3) is 0.130. The molecule has 0 aliphatic rings. The van der Waals surface area contributed by atoms with Crippen LogP contribution in [-0.2, 0) is 6.61 Å². The Hall–Kier alpha value is -4.20. The maximum atomic E-state index is 12.4. The molecule has 0 spiro atoms. The Kier molecular flexibility index (Phi) is 5.36. The van der Waals surface area contributed by atoms with Crippen molar-refractivity contribution in [2.24, 2.45) is 0 Å². The van der Waals surface area contributed by atoms with Gasteiger partial charge in [-0.3, -0.25) is 14.9 Å². The zero-order chi connectivity index (χ0) is 22.0. The molecule has 3 aromatic carbocycles. The number of nitro groups is 1. The van der Waals surface area contributed by atoms with Crippen molar-refractivity contribution in [1.82, 2.24) is 9.97 Å². The third kappa shape index (κ3) is 4.09. The summed E-state index contributed by atoms with van der Waals surface area (Å²) in [5, 5.41) is 11.9. The quantitative estimate of drug-likeness (QED) is 0.368. The second kappa shape index (κ2) is 8.27. The van der Waals surface area contributed by atoms with Crippen LogP contribution in [0.2, 0.25) is 0 Å². The first-order valence-electron chi connectivity index (χ1n) is 9.50. The molecular weight excluding hydrogens is 398 g/mol. The van der Waals surface area contributed by atoms with Gasteiger partial charge in [-0.1, -0.05) is 18.2 Å². The van der Waals surface area contributed by atoms with Gasteiger partial charge in [-0.15, -0.1) is 0 Å². The Morgan fingerprint density at radius 1 is 1.06 bits per heavy atom. The van der Waals surface area contributed by atoms with Crippen LogP contribution >= 0.6 is 0 Å². The fourth-order valence-corrected chi connectivity index (χ4v) is 3.31. The third-order valence-corrected chi connectivity index (χ3v) is 4.86. The number of methoxy groups -OCH3 is 1. The van der Waals surface area contributed by atoms with Crippen LogP contribution in [0.25, 0.3) is 22.3 Å². The molecule has 0 saturated carbocycles. The monoisotopic (exact) mass is 417 g/mol. The highest BCUT2D eigenvalue weighted by molar-refractivity contribution is 5.79. The lowest BCUT2D eigenvalue weighted by Gasteiger charge is -2.12. The Balaban J connectivity index is 1.69. The van der Waals surface area contributed by atoms with Crippen LogP contribution in [0.5, 0.6) is 11.5 Å². The third-order valence-electron chi connectivity index (χ3n) is 4.86. The Morgan fingerprint density at radius 3 is 2.61 bits per heavy atom. The molecule has 1 aromatic heterocycles. The van der Waals surface area contributed by atoms with Gasteiger partial charge in [0.1, 0.15) is 18.2 Å². The average molecular weight is 417 g/mol. The van der Waals surface area contributed by atoms with Crippen LogP contribution in [0.3, 0.4) is 0 Å². The van der Waals surface area contributed by atoms with E-state index in [1.54, 1.807) is 55.5 Å². The zero-order valence-corrected chi connectivity index (χ0v) is 16.9. The smallest absolute Gasteiger partial charge is 0.311 e. The number of benzene rings is 3. The number of H-pyrrole nitrogens is 1. The van der Waals surface area contributed by atoms with Crippen molar-refractivity contribution in [2.45, 2.75) is 13.5 Å². The summed E-state index contributed by atoms with van der Waals surface area (Å²) >= 11 is 0. The molecule has 0 atom stereocenters. The van der Waals surface area contributed by atoms with E-state index in [1.165, 1.54) is 13.2 Å². The molecule has 31 heavy (non-hydrogen) atoms. The van der Waals surface area contributed by atoms with Crippen molar-refractivity contribution in [1.29, 1.82) is 0 Å². The summed E-state index contributed by atoms with van der Waals surface area (Å²) in [4.78, 5) is 30.6. The number of aromatic amines is 1. The maximum Gasteiger partial charge on any atom is 0.311 e. The molecule has 0 amide bonds. The van der Waals surface area contributed by atoms with Crippen molar-refractivity contribution in [3.63, 3.8) is 0 Å². The van der Waals surface area contributed by atoms with Gasteiger partial charge in [-0.25, -0.2) is 4.98 Å². The van der Waals surface area contributed by atoms with Crippen LogP contribution < -0.4 is 15.0 Å². The molecular formula is C23H19N3O5. The van der Waals surface area contributed by atoms with Gasteiger partial charge >= 0.3 is 5.69 Å². The van der Waals surface area contributed by atoms with Gasteiger partial charge in [0, 0.05) is 17.2 Å². The van der Waals surface area contributed by atoms with Crippen molar-refractivity contribution >= 4 is 16.6 Å². The standard InChI is InChI=1S/C23H19N3O5/c1-14-7-9-21(19(11-14)26(28)29)31-13-16-12-15(8-10-20(16)30-2)22-24-18-6-4-3-5-17(18)23(27)25-22/h3-12H,13H2,1-2H3,(H,24,25,27). The first kappa shape index (κ1) is 20.1. The van der Waals surface area contributed by atoms with Gasteiger partial charge in [-0.05, 0) is 48.9 Å². The number of fused-ring (bicyclic) bond motifs is 1. The van der Waals surface area contributed by atoms with E-state index in [4.69, 9.17) is 9.47 Å². The second-order valence-corrected chi connectivity index (χ2v) is 6.98. The molecule has 0 aliphatic heterocycles. The van der Waals surface area contributed by atoms with Gasteiger partial charge in [0.15, 0.2) is 5.75 Å². The molecule has 1 N–H and O–H groups in total. The summed E-state index contributed by atoms with van der Waals surface area (Å²) in [5.41, 5.74) is 2.35. The second-order valence-electron chi connectivity index (χ2n) is 6.98. The van der Waals surface area contributed by atoms with E-state index in [-0.39, 0.29) is 23.6 Å². The summed E-state index contributed by atoms with van der Waals surface area (Å²) in [7, 11) is 1.53. The predicted octanol–water partition coefficient (Wildman–Crippen LogP) is 4.39. The molecule has 8 heteroatoms. The SMILES string of the molecule is COc1ccc(-c2nc3ccccc3c(=O)[nH]2)cc1COc1ccc(C)cc1[N+](=O)[O-]. The lowest BCUT2D eigenvalue weighted by atomic mass is 10.1. The molecule has 0 saturated heterocycles. The van der Waals surface area contributed by atoms with E-state index in [9.17, 15) is 14.9 Å². The first-order valence-corrected chi connectivity index (χ1v) is 9.50. The van der Waals surface area contributed by atoms with Crippen LogP contribution in [-0.4, -0.2) is 22.0 Å². The van der Waals surface area contributed by atoms with Gasteiger partial charge < -0.3 is 14.5 Å². The van der Waals surface area contributed by atoms with Gasteiger partial charge in [-0.2, -0.15) is 0 Å². The van der Waals surface area contributed by atoms with Crippen LogP contribution in [0, 0.1) is 17.0 Å². The Morgan fingerprint density at radius 2 is 1.84 bits per heavy atom. The molecule has 0 unspecified atom stereocenters. The minimum Gasteiger partial charge on any atom is -0.496 e. The molecule has 0 aliphatic carbocycles. The summed E-state index contributed by atoms with van der Waals surface area (Å²) in [6.45, 7) is 1.82. The minimum atomic E-state index is -0.472. The van der Waals surface area contributed by atoms with Gasteiger partial charge in [0.25, 0.3) is 5.56 Å². The largest absolute Gasteiger partial charge is 0.496 e. The molecule has 4 aromatic rings. The van der Waals surface area contributed by atoms with E-state index in [0.29, 0.717) is 33.6 Å². The fourth-order valence-electron chi connectivity index (χ4n) is 3.31. The molecule has 8 nitrogen and oxygen atoms in total. The number of hydrogen-bond donors (Lipinski definition) is 1. The molecule has 1 heterocycles. The Labute approximate surface area is 177 Å². The number of hydrogen-bond acceptors (Lipinski definition) is 6. The molecule has 0 radical (unpaired) electrons. The number of aromatic nitrogens is 2. The van der Waals surface area contributed by atoms with E-state index in [2.05, 4.69) is 9.97 Å². The number of ether oxygens (including phenoxy) is 2. The lowest BCUT2D eigenvalue weighted by molar-refractivity contribution is -0.386. The van der Waals surface area contributed by atoms with Crippen molar-refractivity contribution in [3.8, 4) is 22.9 Å². The van der Waals surface area contributed by atoms with Crippen molar-refractivity contribution < 1.29 is 14.4 Å². The van der Waals surface area contributed by atoms with Crippen molar-refractivity contribution in [2.75, 3.05) is 7.11 Å².